The molecule has 0 unspecified atom stereocenters. The van der Waals surface area contributed by atoms with E-state index in [2.05, 4.69) is 9.97 Å². The average molecular weight is 203 g/mol. The molecule has 0 aromatic carbocycles. The Morgan fingerprint density at radius 2 is 2.27 bits per heavy atom. The van der Waals surface area contributed by atoms with E-state index in [1.807, 2.05) is 26.0 Å². The van der Waals surface area contributed by atoms with Crippen molar-refractivity contribution in [3.63, 3.8) is 0 Å². The van der Waals surface area contributed by atoms with E-state index in [-0.39, 0.29) is 6.04 Å². The van der Waals surface area contributed by atoms with E-state index < -0.39 is 0 Å². The summed E-state index contributed by atoms with van der Waals surface area (Å²) in [5, 5.41) is 0. The maximum Gasteiger partial charge on any atom is 0.195 e. The SMILES string of the molecule is Cc1nc(-c2ccco2)ncc1[C@H](C)N. The van der Waals surface area contributed by atoms with Gasteiger partial charge in [0.15, 0.2) is 11.6 Å². The number of hydrogen-bond acceptors (Lipinski definition) is 4. The molecule has 2 rings (SSSR count). The standard InChI is InChI=1S/C11H13N3O/c1-7(12)9-6-13-11(14-8(9)2)10-4-3-5-15-10/h3-7H,12H2,1-2H3/t7-/m0/s1. The molecule has 0 radical (unpaired) electrons. The zero-order valence-electron chi connectivity index (χ0n) is 8.77. The second-order valence-electron chi connectivity index (χ2n) is 3.50. The quantitative estimate of drug-likeness (QED) is 0.811. The summed E-state index contributed by atoms with van der Waals surface area (Å²) in [4.78, 5) is 8.57. The van der Waals surface area contributed by atoms with Gasteiger partial charge in [0, 0.05) is 23.5 Å². The van der Waals surface area contributed by atoms with E-state index in [1.54, 1.807) is 12.5 Å². The number of nitrogens with zero attached hydrogens (tertiary/aromatic N) is 2. The van der Waals surface area contributed by atoms with Gasteiger partial charge in [0.2, 0.25) is 0 Å². The van der Waals surface area contributed by atoms with Crippen LogP contribution < -0.4 is 5.73 Å². The van der Waals surface area contributed by atoms with Crippen molar-refractivity contribution in [2.45, 2.75) is 19.9 Å². The van der Waals surface area contributed by atoms with Crippen LogP contribution in [0.25, 0.3) is 11.6 Å². The number of rotatable bonds is 2. The van der Waals surface area contributed by atoms with Crippen molar-refractivity contribution in [3.05, 3.63) is 35.9 Å². The van der Waals surface area contributed by atoms with E-state index in [0.29, 0.717) is 11.6 Å². The first-order chi connectivity index (χ1) is 7.18. The van der Waals surface area contributed by atoms with E-state index in [0.717, 1.165) is 11.3 Å². The fourth-order valence-electron chi connectivity index (χ4n) is 1.45. The molecule has 4 nitrogen and oxygen atoms in total. The summed E-state index contributed by atoms with van der Waals surface area (Å²) >= 11 is 0. The Bertz CT molecular complexity index is 449. The summed E-state index contributed by atoms with van der Waals surface area (Å²) in [5.74, 6) is 1.27. The minimum absolute atomic E-state index is 0.0457. The van der Waals surface area contributed by atoms with Crippen molar-refractivity contribution in [2.24, 2.45) is 5.73 Å². The van der Waals surface area contributed by atoms with Crippen molar-refractivity contribution < 1.29 is 4.42 Å². The minimum atomic E-state index is -0.0457. The van der Waals surface area contributed by atoms with Crippen LogP contribution in [-0.4, -0.2) is 9.97 Å². The highest BCUT2D eigenvalue weighted by Gasteiger charge is 2.09. The van der Waals surface area contributed by atoms with Gasteiger partial charge in [-0.25, -0.2) is 9.97 Å². The van der Waals surface area contributed by atoms with E-state index >= 15 is 0 Å². The Hall–Kier alpha value is -1.68. The highest BCUT2D eigenvalue weighted by Crippen LogP contribution is 2.18. The molecule has 15 heavy (non-hydrogen) atoms. The van der Waals surface area contributed by atoms with Crippen molar-refractivity contribution in [1.82, 2.24) is 9.97 Å². The van der Waals surface area contributed by atoms with Crippen LogP contribution >= 0.6 is 0 Å². The van der Waals surface area contributed by atoms with Crippen LogP contribution in [-0.2, 0) is 0 Å². The van der Waals surface area contributed by atoms with Gasteiger partial charge in [-0.3, -0.25) is 0 Å². The molecule has 0 aliphatic rings. The fraction of sp³-hybridized carbons (Fsp3) is 0.273. The lowest BCUT2D eigenvalue weighted by molar-refractivity contribution is 0.576. The van der Waals surface area contributed by atoms with Gasteiger partial charge in [-0.2, -0.15) is 0 Å². The molecule has 0 bridgehead atoms. The minimum Gasteiger partial charge on any atom is -0.461 e. The summed E-state index contributed by atoms with van der Waals surface area (Å²) in [6.07, 6.45) is 3.36. The Labute approximate surface area is 88.2 Å². The summed E-state index contributed by atoms with van der Waals surface area (Å²) in [7, 11) is 0. The lowest BCUT2D eigenvalue weighted by Crippen LogP contribution is -2.09. The Balaban J connectivity index is 2.42. The summed E-state index contributed by atoms with van der Waals surface area (Å²) in [5.41, 5.74) is 7.64. The molecule has 2 aromatic rings. The molecule has 1 atom stereocenters. The monoisotopic (exact) mass is 203 g/mol. The second-order valence-corrected chi connectivity index (χ2v) is 3.50. The third-order valence-electron chi connectivity index (χ3n) is 2.25. The van der Waals surface area contributed by atoms with Gasteiger partial charge in [0.1, 0.15) is 0 Å². The van der Waals surface area contributed by atoms with Crippen LogP contribution in [0.5, 0.6) is 0 Å². The Kier molecular flexibility index (Phi) is 2.51. The summed E-state index contributed by atoms with van der Waals surface area (Å²) in [6.45, 7) is 3.84. The van der Waals surface area contributed by atoms with Crippen LogP contribution in [0.1, 0.15) is 24.2 Å². The topological polar surface area (TPSA) is 64.9 Å². The lowest BCUT2D eigenvalue weighted by atomic mass is 10.1. The lowest BCUT2D eigenvalue weighted by Gasteiger charge is -2.08. The number of furan rings is 1. The summed E-state index contributed by atoms with van der Waals surface area (Å²) in [6, 6.07) is 3.60. The largest absolute Gasteiger partial charge is 0.461 e. The molecule has 2 N–H and O–H groups in total. The smallest absolute Gasteiger partial charge is 0.195 e. The zero-order valence-corrected chi connectivity index (χ0v) is 8.77. The molecule has 2 heterocycles. The first kappa shape index (κ1) is 9.86. The molecule has 78 valence electrons. The van der Waals surface area contributed by atoms with E-state index in [1.165, 1.54) is 0 Å². The van der Waals surface area contributed by atoms with Gasteiger partial charge in [-0.1, -0.05) is 0 Å². The van der Waals surface area contributed by atoms with Gasteiger partial charge < -0.3 is 10.2 Å². The molecular formula is C11H13N3O. The first-order valence-corrected chi connectivity index (χ1v) is 4.81. The normalized spacial score (nSPS) is 12.7. The van der Waals surface area contributed by atoms with E-state index in [4.69, 9.17) is 10.2 Å². The number of aromatic nitrogens is 2. The molecule has 0 aliphatic heterocycles. The molecular weight excluding hydrogens is 190 g/mol. The zero-order chi connectivity index (χ0) is 10.8. The van der Waals surface area contributed by atoms with Gasteiger partial charge in [0.25, 0.3) is 0 Å². The molecule has 0 saturated heterocycles. The Morgan fingerprint density at radius 1 is 1.47 bits per heavy atom. The number of hydrogen-bond donors (Lipinski definition) is 1. The predicted molar refractivity (Wildman–Crippen MR) is 57.1 cm³/mol. The highest BCUT2D eigenvalue weighted by molar-refractivity contribution is 5.46. The average Bonchev–Trinajstić information content (AvgIpc) is 2.69. The molecule has 2 aromatic heterocycles. The van der Waals surface area contributed by atoms with Crippen LogP contribution in [0.3, 0.4) is 0 Å². The van der Waals surface area contributed by atoms with Crippen molar-refractivity contribution >= 4 is 0 Å². The first-order valence-electron chi connectivity index (χ1n) is 4.81. The maximum absolute atomic E-state index is 5.78. The van der Waals surface area contributed by atoms with Gasteiger partial charge >= 0.3 is 0 Å². The van der Waals surface area contributed by atoms with Crippen LogP contribution in [0.2, 0.25) is 0 Å². The molecule has 0 amide bonds. The third-order valence-corrected chi connectivity index (χ3v) is 2.25. The molecule has 0 aliphatic carbocycles. The molecule has 0 saturated carbocycles. The number of aryl methyl sites for hydroxylation is 1. The predicted octanol–water partition coefficient (Wildman–Crippen LogP) is 2.06. The summed E-state index contributed by atoms with van der Waals surface area (Å²) < 4.78 is 5.22. The van der Waals surface area contributed by atoms with Gasteiger partial charge in [0.05, 0.1) is 6.26 Å². The van der Waals surface area contributed by atoms with E-state index in [9.17, 15) is 0 Å². The third kappa shape index (κ3) is 1.89. The number of nitrogens with two attached hydrogens (primary N) is 1. The highest BCUT2D eigenvalue weighted by atomic mass is 16.3. The molecule has 0 fully saturated rings. The van der Waals surface area contributed by atoms with Crippen molar-refractivity contribution in [2.75, 3.05) is 0 Å². The van der Waals surface area contributed by atoms with Gasteiger partial charge in [-0.15, -0.1) is 0 Å². The van der Waals surface area contributed by atoms with Gasteiger partial charge in [-0.05, 0) is 26.0 Å². The maximum atomic E-state index is 5.78. The van der Waals surface area contributed by atoms with Crippen LogP contribution in [0.15, 0.2) is 29.0 Å². The van der Waals surface area contributed by atoms with Crippen LogP contribution in [0, 0.1) is 6.92 Å². The van der Waals surface area contributed by atoms with Crippen molar-refractivity contribution in [1.29, 1.82) is 0 Å². The van der Waals surface area contributed by atoms with Crippen molar-refractivity contribution in [3.8, 4) is 11.6 Å². The molecule has 4 heteroatoms. The second kappa shape index (κ2) is 3.82. The fourth-order valence-corrected chi connectivity index (χ4v) is 1.45. The molecule has 0 spiro atoms. The Morgan fingerprint density at radius 3 is 2.80 bits per heavy atom. The van der Waals surface area contributed by atoms with Crippen LogP contribution in [0.4, 0.5) is 0 Å².